The maximum absolute atomic E-state index is 12.9. The van der Waals surface area contributed by atoms with Crippen LogP contribution >= 0.6 is 0 Å². The van der Waals surface area contributed by atoms with Gasteiger partial charge in [0.1, 0.15) is 5.75 Å². The molecule has 7 nitrogen and oxygen atoms in total. The fraction of sp³-hybridized carbons (Fsp3) is 0.533. The van der Waals surface area contributed by atoms with E-state index in [0.29, 0.717) is 18.6 Å². The Morgan fingerprint density at radius 2 is 1.57 bits per heavy atom. The summed E-state index contributed by atoms with van der Waals surface area (Å²) in [4.78, 5) is 11.8. The van der Waals surface area contributed by atoms with Crippen LogP contribution in [-0.4, -0.2) is 36.6 Å². The largest absolute Gasteiger partial charge is 0.497 e. The highest BCUT2D eigenvalue weighted by atomic mass is 32.2. The Hall–Kier alpha value is -1.64. The molecule has 0 bridgehead atoms. The molecule has 1 rings (SSSR count). The van der Waals surface area contributed by atoms with Crippen molar-refractivity contribution in [1.29, 1.82) is 0 Å². The molecule has 0 spiro atoms. The van der Waals surface area contributed by atoms with Crippen LogP contribution in [0.2, 0.25) is 0 Å². The molecule has 132 valence electrons. The number of carbonyl (C=O) groups is 1. The Morgan fingerprint density at radius 3 is 1.87 bits per heavy atom. The second-order valence-corrected chi connectivity index (χ2v) is 7.24. The van der Waals surface area contributed by atoms with Crippen LogP contribution in [0.1, 0.15) is 39.5 Å². The van der Waals surface area contributed by atoms with E-state index in [-0.39, 0.29) is 17.7 Å². The molecule has 0 fully saturated rings. The summed E-state index contributed by atoms with van der Waals surface area (Å²) in [6, 6.07) is 5.85. The summed E-state index contributed by atoms with van der Waals surface area (Å²) >= 11 is 0. The van der Waals surface area contributed by atoms with Gasteiger partial charge in [-0.1, -0.05) is 26.7 Å². The third-order valence-electron chi connectivity index (χ3n) is 3.58. The second-order valence-electron chi connectivity index (χ2n) is 4.98. The van der Waals surface area contributed by atoms with Gasteiger partial charge in [-0.05, 0) is 37.1 Å². The van der Waals surface area contributed by atoms with E-state index in [4.69, 9.17) is 9.94 Å². The number of hydrogen-bond acceptors (Lipinski definition) is 6. The molecule has 0 aromatic heterocycles. The molecule has 0 atom stereocenters. The maximum Gasteiger partial charge on any atom is 0.325 e. The Balaban J connectivity index is 0.00000232. The van der Waals surface area contributed by atoms with Crippen LogP contribution in [0.5, 0.6) is 5.75 Å². The Bertz CT molecular complexity index is 576. The van der Waals surface area contributed by atoms with Crippen molar-refractivity contribution in [3.05, 3.63) is 24.3 Å². The molecular formula is C15H25NO6S. The minimum Gasteiger partial charge on any atom is -0.497 e. The van der Waals surface area contributed by atoms with Gasteiger partial charge < -0.3 is 15.1 Å². The fourth-order valence-electron chi connectivity index (χ4n) is 2.51. The van der Waals surface area contributed by atoms with Gasteiger partial charge in [-0.2, -0.15) is 0 Å². The lowest BCUT2D eigenvalue weighted by Crippen LogP contribution is -2.46. The summed E-state index contributed by atoms with van der Waals surface area (Å²) in [5, 5.41) is 16.1. The minimum atomic E-state index is -3.97. The first kappa shape index (κ1) is 21.4. The van der Waals surface area contributed by atoms with Gasteiger partial charge >= 0.3 is 5.97 Å². The lowest BCUT2D eigenvalue weighted by atomic mass is 9.97. The number of ether oxygens (including phenoxy) is 1. The number of carboxylic acids is 1. The fourth-order valence-corrected chi connectivity index (χ4v) is 4.63. The summed E-state index contributed by atoms with van der Waals surface area (Å²) in [6.45, 7) is 3.58. The monoisotopic (exact) mass is 347 g/mol. The SMILES string of the molecule is CCCC(CCC)(C(=O)O)S(=O)(=O)c1ccc(OC)cc1.NO. The average Bonchev–Trinajstić information content (AvgIpc) is 2.56. The molecule has 8 heteroatoms. The van der Waals surface area contributed by atoms with Crippen molar-refractivity contribution in [2.24, 2.45) is 5.90 Å². The quantitative estimate of drug-likeness (QED) is 0.615. The number of carboxylic acid groups (broad SMARTS) is 1. The summed E-state index contributed by atoms with van der Waals surface area (Å²) in [6.07, 6.45) is 1.18. The lowest BCUT2D eigenvalue weighted by molar-refractivity contribution is -0.140. The van der Waals surface area contributed by atoms with Gasteiger partial charge in [-0.25, -0.2) is 14.3 Å². The Morgan fingerprint density at radius 1 is 1.13 bits per heavy atom. The van der Waals surface area contributed by atoms with Crippen molar-refractivity contribution < 1.29 is 28.3 Å². The van der Waals surface area contributed by atoms with E-state index < -0.39 is 20.6 Å². The van der Waals surface area contributed by atoms with Crippen LogP contribution in [0, 0.1) is 0 Å². The van der Waals surface area contributed by atoms with E-state index in [9.17, 15) is 18.3 Å². The molecule has 4 N–H and O–H groups in total. The van der Waals surface area contributed by atoms with Crippen molar-refractivity contribution >= 4 is 15.8 Å². The van der Waals surface area contributed by atoms with Crippen LogP contribution in [-0.2, 0) is 14.6 Å². The van der Waals surface area contributed by atoms with Crippen LogP contribution in [0.3, 0.4) is 0 Å². The van der Waals surface area contributed by atoms with Gasteiger partial charge in [-0.15, -0.1) is 0 Å². The number of nitrogens with two attached hydrogens (primary N) is 1. The molecule has 0 aliphatic rings. The molecule has 1 aromatic rings. The van der Waals surface area contributed by atoms with Gasteiger partial charge in [0.15, 0.2) is 14.6 Å². The number of benzene rings is 1. The van der Waals surface area contributed by atoms with Crippen LogP contribution in [0.25, 0.3) is 0 Å². The first-order chi connectivity index (χ1) is 10.9. The highest BCUT2D eigenvalue weighted by molar-refractivity contribution is 7.93. The second kappa shape index (κ2) is 9.49. The van der Waals surface area contributed by atoms with Crippen LogP contribution < -0.4 is 10.6 Å². The van der Waals surface area contributed by atoms with Crippen molar-refractivity contribution in [3.63, 3.8) is 0 Å². The van der Waals surface area contributed by atoms with Crippen LogP contribution in [0.4, 0.5) is 0 Å². The van der Waals surface area contributed by atoms with Gasteiger partial charge in [-0.3, -0.25) is 4.79 Å². The number of aliphatic carboxylic acids is 1. The van der Waals surface area contributed by atoms with E-state index in [2.05, 4.69) is 5.90 Å². The van der Waals surface area contributed by atoms with E-state index in [0.717, 1.165) is 0 Å². The third-order valence-corrected chi connectivity index (χ3v) is 6.09. The smallest absolute Gasteiger partial charge is 0.325 e. The first-order valence-corrected chi connectivity index (χ1v) is 8.72. The number of methoxy groups -OCH3 is 1. The molecule has 0 radical (unpaired) electrons. The summed E-state index contributed by atoms with van der Waals surface area (Å²) < 4.78 is 28.9. The first-order valence-electron chi connectivity index (χ1n) is 7.23. The number of hydrogen-bond donors (Lipinski definition) is 3. The van der Waals surface area contributed by atoms with E-state index >= 15 is 0 Å². The van der Waals surface area contributed by atoms with Crippen molar-refractivity contribution in [2.75, 3.05) is 7.11 Å². The predicted octanol–water partition coefficient (Wildman–Crippen LogP) is 2.23. The Kier molecular flexibility index (Phi) is 8.81. The van der Waals surface area contributed by atoms with Crippen LogP contribution in [0.15, 0.2) is 29.2 Å². The average molecular weight is 347 g/mol. The molecular weight excluding hydrogens is 322 g/mol. The normalized spacial score (nSPS) is 11.3. The van der Waals surface area contributed by atoms with E-state index in [1.54, 1.807) is 13.8 Å². The molecule has 0 unspecified atom stereocenters. The minimum absolute atomic E-state index is 0.0209. The summed E-state index contributed by atoms with van der Waals surface area (Å²) in [5.41, 5.74) is 0. The lowest BCUT2D eigenvalue weighted by Gasteiger charge is -2.28. The molecule has 23 heavy (non-hydrogen) atoms. The van der Waals surface area contributed by atoms with Crippen molar-refractivity contribution in [1.82, 2.24) is 0 Å². The summed E-state index contributed by atoms with van der Waals surface area (Å²) in [5.74, 6) is 2.75. The zero-order valence-corrected chi connectivity index (χ0v) is 14.5. The highest BCUT2D eigenvalue weighted by Gasteiger charge is 2.50. The van der Waals surface area contributed by atoms with E-state index in [1.807, 2.05) is 0 Å². The third kappa shape index (κ3) is 4.43. The van der Waals surface area contributed by atoms with Gasteiger partial charge in [0, 0.05) is 0 Å². The molecule has 0 aliphatic heterocycles. The number of sulfone groups is 1. The maximum atomic E-state index is 12.9. The highest BCUT2D eigenvalue weighted by Crippen LogP contribution is 2.35. The standard InChI is InChI=1S/C15H22O5S.H3NO/c1-4-10-15(11-5-2,14(16)17)21(18,19)13-8-6-12(20-3)7-9-13;1-2/h6-9H,4-5,10-11H2,1-3H3,(H,16,17);2H,1H2. The van der Waals surface area contributed by atoms with Crippen molar-refractivity contribution in [3.8, 4) is 5.75 Å². The predicted molar refractivity (Wildman–Crippen MR) is 86.3 cm³/mol. The number of rotatable bonds is 8. The zero-order chi connectivity index (χ0) is 18.1. The molecule has 0 saturated carbocycles. The van der Waals surface area contributed by atoms with Gasteiger partial charge in [0.2, 0.25) is 0 Å². The molecule has 0 aliphatic carbocycles. The van der Waals surface area contributed by atoms with Gasteiger partial charge in [0.05, 0.1) is 12.0 Å². The molecule has 0 saturated heterocycles. The molecule has 0 amide bonds. The van der Waals surface area contributed by atoms with Gasteiger partial charge in [0.25, 0.3) is 0 Å². The molecule has 1 aromatic carbocycles. The Labute approximate surface area is 137 Å². The zero-order valence-electron chi connectivity index (χ0n) is 13.7. The van der Waals surface area contributed by atoms with E-state index in [1.165, 1.54) is 31.4 Å². The molecule has 0 heterocycles. The topological polar surface area (TPSA) is 127 Å². The van der Waals surface area contributed by atoms with Crippen molar-refractivity contribution in [2.45, 2.75) is 49.2 Å². The summed E-state index contributed by atoms with van der Waals surface area (Å²) in [7, 11) is -2.48.